The number of methoxy groups -OCH3 is 1. The molecule has 4 nitrogen and oxygen atoms in total. The van der Waals surface area contributed by atoms with Crippen LogP contribution < -0.4 is 0 Å². The van der Waals surface area contributed by atoms with Gasteiger partial charge in [-0.25, -0.2) is 8.42 Å². The van der Waals surface area contributed by atoms with Crippen LogP contribution in [0.5, 0.6) is 0 Å². The van der Waals surface area contributed by atoms with Gasteiger partial charge in [0, 0.05) is 17.2 Å². The fourth-order valence-corrected chi connectivity index (χ4v) is 4.49. The van der Waals surface area contributed by atoms with E-state index in [1.807, 2.05) is 0 Å². The van der Waals surface area contributed by atoms with Crippen LogP contribution in [-0.2, 0) is 19.4 Å². The molecule has 0 heterocycles. The Kier molecular flexibility index (Phi) is 6.40. The van der Waals surface area contributed by atoms with Gasteiger partial charge in [0.05, 0.1) is 0 Å². The minimum Gasteiger partial charge on any atom is -0.377 e. The van der Waals surface area contributed by atoms with Gasteiger partial charge in [-0.1, -0.05) is 47.5 Å². The number of benzene rings is 2. The third-order valence-electron chi connectivity index (χ3n) is 3.37. The maximum Gasteiger partial charge on any atom is 0.173 e. The van der Waals surface area contributed by atoms with Crippen molar-refractivity contribution in [3.05, 3.63) is 69.7 Å². The van der Waals surface area contributed by atoms with E-state index >= 15 is 0 Å². The number of carbonyl (C=O) groups is 1. The van der Waals surface area contributed by atoms with E-state index in [4.69, 9.17) is 27.9 Å². The van der Waals surface area contributed by atoms with Crippen LogP contribution in [0.3, 0.4) is 0 Å². The van der Waals surface area contributed by atoms with Crippen molar-refractivity contribution in [1.29, 1.82) is 0 Å². The summed E-state index contributed by atoms with van der Waals surface area (Å²) in [5, 5.41) is 0.0239. The normalized spacial score (nSPS) is 11.7. The highest BCUT2D eigenvalue weighted by Crippen LogP contribution is 2.32. The fraction of sp³-hybridized carbons (Fsp3) is 0.235. The summed E-state index contributed by atoms with van der Waals surface area (Å²) in [7, 11) is -2.44. The first kappa shape index (κ1) is 18.9. The van der Waals surface area contributed by atoms with Crippen LogP contribution in [0.1, 0.15) is 16.4 Å². The van der Waals surface area contributed by atoms with E-state index in [0.29, 0.717) is 21.2 Å². The summed E-state index contributed by atoms with van der Waals surface area (Å²) in [5.41, 5.74) is 1.07. The lowest BCUT2D eigenvalue weighted by Gasteiger charge is -2.18. The Morgan fingerprint density at radius 2 is 1.38 bits per heavy atom. The smallest absolute Gasteiger partial charge is 0.173 e. The van der Waals surface area contributed by atoms with Crippen molar-refractivity contribution < 1.29 is 17.9 Å². The molecule has 0 radical (unpaired) electrons. The van der Waals surface area contributed by atoms with E-state index in [1.54, 1.807) is 48.5 Å². The van der Waals surface area contributed by atoms with Gasteiger partial charge < -0.3 is 4.74 Å². The predicted octanol–water partition coefficient (Wildman–Crippen LogP) is 3.71. The fourth-order valence-electron chi connectivity index (χ4n) is 2.39. The maximum atomic E-state index is 12.8. The number of hydrogen-bond donors (Lipinski definition) is 0. The van der Waals surface area contributed by atoms with E-state index in [-0.39, 0.29) is 6.61 Å². The maximum absolute atomic E-state index is 12.8. The third-order valence-corrected chi connectivity index (χ3v) is 5.86. The van der Waals surface area contributed by atoms with Crippen LogP contribution >= 0.6 is 23.2 Å². The zero-order valence-corrected chi connectivity index (χ0v) is 15.2. The summed E-state index contributed by atoms with van der Waals surface area (Å²) in [6.07, 6.45) is 0. The molecule has 0 saturated heterocycles. The molecule has 7 heteroatoms. The van der Waals surface area contributed by atoms with E-state index in [2.05, 4.69) is 0 Å². The summed E-state index contributed by atoms with van der Waals surface area (Å²) in [5.74, 6) is -1.10. The molecule has 0 bridgehead atoms. The Balaban J connectivity index is 2.48. The average molecular weight is 387 g/mol. The van der Waals surface area contributed by atoms with Crippen LogP contribution in [-0.4, -0.2) is 33.7 Å². The van der Waals surface area contributed by atoms with Crippen molar-refractivity contribution in [2.24, 2.45) is 0 Å². The first-order chi connectivity index (χ1) is 11.3. The largest absolute Gasteiger partial charge is 0.377 e. The van der Waals surface area contributed by atoms with E-state index in [1.165, 1.54) is 7.11 Å². The molecule has 0 unspecified atom stereocenters. The molecule has 128 valence electrons. The Labute approximate surface area is 151 Å². The van der Waals surface area contributed by atoms with Gasteiger partial charge in [-0.2, -0.15) is 0 Å². The Bertz CT molecular complexity index is 754. The number of sulfone groups is 1. The van der Waals surface area contributed by atoms with Crippen molar-refractivity contribution in [3.8, 4) is 0 Å². The standard InChI is InChI=1S/C17H16Cl2O4S/c1-23-10-16(20)11-24(21,22)17(12-2-6-14(18)7-3-12)13-4-8-15(19)9-5-13/h2-9,17H,10-11H2,1H3. The molecular weight excluding hydrogens is 371 g/mol. The van der Waals surface area contributed by atoms with Gasteiger partial charge in [-0.15, -0.1) is 0 Å². The summed E-state index contributed by atoms with van der Waals surface area (Å²) in [6, 6.07) is 13.0. The first-order valence-corrected chi connectivity index (χ1v) is 9.54. The van der Waals surface area contributed by atoms with Crippen molar-refractivity contribution in [2.45, 2.75) is 5.25 Å². The van der Waals surface area contributed by atoms with Crippen LogP contribution in [0.25, 0.3) is 0 Å². The molecule has 0 amide bonds. The highest BCUT2D eigenvalue weighted by Gasteiger charge is 2.31. The summed E-state index contributed by atoms with van der Waals surface area (Å²) in [4.78, 5) is 11.8. The molecule has 0 aliphatic carbocycles. The van der Waals surface area contributed by atoms with Crippen molar-refractivity contribution in [2.75, 3.05) is 19.5 Å². The second-order valence-electron chi connectivity index (χ2n) is 5.26. The van der Waals surface area contributed by atoms with Crippen LogP contribution in [0.2, 0.25) is 10.0 Å². The van der Waals surface area contributed by atoms with Gasteiger partial charge in [0.2, 0.25) is 0 Å². The highest BCUT2D eigenvalue weighted by molar-refractivity contribution is 7.92. The van der Waals surface area contributed by atoms with Gasteiger partial charge in [0.25, 0.3) is 0 Å². The number of rotatable bonds is 7. The minimum atomic E-state index is -3.79. The molecule has 2 rings (SSSR count). The van der Waals surface area contributed by atoms with Gasteiger partial charge in [0.15, 0.2) is 15.6 Å². The molecule has 2 aromatic carbocycles. The van der Waals surface area contributed by atoms with Crippen LogP contribution in [0.4, 0.5) is 0 Å². The van der Waals surface area contributed by atoms with E-state index in [0.717, 1.165) is 0 Å². The molecule has 0 atom stereocenters. The predicted molar refractivity (Wildman–Crippen MR) is 95.4 cm³/mol. The molecule has 0 aromatic heterocycles. The van der Waals surface area contributed by atoms with Crippen molar-refractivity contribution in [1.82, 2.24) is 0 Å². The summed E-state index contributed by atoms with van der Waals surface area (Å²) in [6.45, 7) is -0.243. The lowest BCUT2D eigenvalue weighted by molar-refractivity contribution is -0.120. The number of halogens is 2. The second kappa shape index (κ2) is 8.12. The Morgan fingerprint density at radius 1 is 0.958 bits per heavy atom. The molecule has 0 aliphatic heterocycles. The van der Waals surface area contributed by atoms with E-state index < -0.39 is 26.6 Å². The minimum absolute atomic E-state index is 0.243. The van der Waals surface area contributed by atoms with Gasteiger partial charge in [0.1, 0.15) is 17.6 Å². The molecule has 0 aliphatic rings. The Morgan fingerprint density at radius 3 is 1.75 bits per heavy atom. The molecule has 24 heavy (non-hydrogen) atoms. The molecule has 0 spiro atoms. The molecule has 0 fully saturated rings. The summed E-state index contributed by atoms with van der Waals surface area (Å²) >= 11 is 11.8. The third kappa shape index (κ3) is 4.80. The Hall–Kier alpha value is -1.40. The number of hydrogen-bond acceptors (Lipinski definition) is 4. The molecular formula is C17H16Cl2O4S. The topological polar surface area (TPSA) is 60.4 Å². The lowest BCUT2D eigenvalue weighted by atomic mass is 10.0. The number of Topliss-reactive ketones (excluding diaryl/α,β-unsaturated/α-hetero) is 1. The zero-order valence-electron chi connectivity index (χ0n) is 12.9. The highest BCUT2D eigenvalue weighted by atomic mass is 35.5. The monoisotopic (exact) mass is 386 g/mol. The first-order valence-electron chi connectivity index (χ1n) is 7.06. The van der Waals surface area contributed by atoms with Crippen molar-refractivity contribution in [3.63, 3.8) is 0 Å². The number of ketones is 1. The van der Waals surface area contributed by atoms with Gasteiger partial charge in [-0.3, -0.25) is 4.79 Å². The molecule has 0 saturated carbocycles. The van der Waals surface area contributed by atoms with Crippen LogP contribution in [0.15, 0.2) is 48.5 Å². The van der Waals surface area contributed by atoms with Crippen LogP contribution in [0, 0.1) is 0 Å². The average Bonchev–Trinajstić information content (AvgIpc) is 2.51. The second-order valence-corrected chi connectivity index (χ2v) is 8.22. The van der Waals surface area contributed by atoms with Gasteiger partial charge >= 0.3 is 0 Å². The summed E-state index contributed by atoms with van der Waals surface area (Å²) < 4.78 is 30.4. The lowest BCUT2D eigenvalue weighted by Crippen LogP contribution is -2.25. The van der Waals surface area contributed by atoms with E-state index in [9.17, 15) is 13.2 Å². The quantitative estimate of drug-likeness (QED) is 0.727. The zero-order chi connectivity index (χ0) is 17.7. The SMILES string of the molecule is COCC(=O)CS(=O)(=O)C(c1ccc(Cl)cc1)c1ccc(Cl)cc1. The van der Waals surface area contributed by atoms with Gasteiger partial charge in [-0.05, 0) is 35.4 Å². The number of ether oxygens (including phenoxy) is 1. The molecule has 0 N–H and O–H groups in total. The van der Waals surface area contributed by atoms with Crippen molar-refractivity contribution >= 4 is 38.8 Å². The number of carbonyl (C=O) groups excluding carboxylic acids is 1. The molecule has 2 aromatic rings.